The number of ether oxygens (including phenoxy) is 3. The van der Waals surface area contributed by atoms with E-state index in [1.807, 2.05) is 0 Å². The van der Waals surface area contributed by atoms with Crippen molar-refractivity contribution < 1.29 is 23.0 Å². The van der Waals surface area contributed by atoms with Crippen molar-refractivity contribution in [2.75, 3.05) is 51.0 Å². The topological polar surface area (TPSA) is 102 Å². The zero-order valence-corrected chi connectivity index (χ0v) is 26.0. The maximum absolute atomic E-state index is 17.3. The van der Waals surface area contributed by atoms with E-state index < -0.39 is 5.82 Å². The normalized spacial score (nSPS) is 26.9. The molecule has 5 aliphatic rings. The average molecular weight is 630 g/mol. The second-order valence-corrected chi connectivity index (χ2v) is 13.7. The summed E-state index contributed by atoms with van der Waals surface area (Å²) in [6.07, 6.45) is 8.81. The number of aryl methyl sites for hydroxylation is 1. The molecule has 0 saturated carbocycles. The Morgan fingerprint density at radius 2 is 2.11 bits per heavy atom. The van der Waals surface area contributed by atoms with E-state index in [0.717, 1.165) is 79.0 Å². The van der Waals surface area contributed by atoms with Crippen LogP contribution in [0.3, 0.4) is 0 Å². The number of fused-ring (bicyclic) bond motifs is 5. The van der Waals surface area contributed by atoms with Crippen LogP contribution >= 0.6 is 0 Å². The third-order valence-electron chi connectivity index (χ3n) is 10.8. The van der Waals surface area contributed by atoms with Gasteiger partial charge in [-0.25, -0.2) is 13.8 Å². The number of hydrogen-bond acceptors (Lipinski definition) is 9. The molecule has 3 saturated heterocycles. The summed E-state index contributed by atoms with van der Waals surface area (Å²) in [5, 5.41) is 8.70. The fourth-order valence-electron chi connectivity index (χ4n) is 8.65. The number of aromatic amines is 1. The highest BCUT2D eigenvalue weighted by atomic mass is 19.1. The van der Waals surface area contributed by atoms with Crippen LogP contribution < -0.4 is 14.4 Å². The number of halogens is 2. The monoisotopic (exact) mass is 629 g/mol. The van der Waals surface area contributed by atoms with Crippen LogP contribution in [0.1, 0.15) is 62.5 Å². The highest BCUT2D eigenvalue weighted by Gasteiger charge is 2.47. The second-order valence-electron chi connectivity index (χ2n) is 13.7. The standard InChI is InChI=1S/C34H37F2N7O3/c1-19-5-2-6-21-11-24-23(14-37-41-24)26(25(19)21)29-28(36)30-27-31(43-9-4-10-44-16-22(43)17-45-32(27)38-29)40-33(39-30)46-18-34-7-3-8-42(34)15-20(12-34)13-35/h11,13-14,19,22H,2-10,12,15-18H2,1H3,(H,37,41)/b20-13-/t19?,22-,34?/m0/s1. The van der Waals surface area contributed by atoms with E-state index in [9.17, 15) is 4.39 Å². The summed E-state index contributed by atoms with van der Waals surface area (Å²) in [7, 11) is 0. The van der Waals surface area contributed by atoms with Crippen molar-refractivity contribution in [2.24, 2.45) is 0 Å². The third-order valence-corrected chi connectivity index (χ3v) is 10.8. The van der Waals surface area contributed by atoms with Gasteiger partial charge in [0.2, 0.25) is 5.88 Å². The minimum atomic E-state index is -0.529. The smallest absolute Gasteiger partial charge is 0.319 e. The van der Waals surface area contributed by atoms with Gasteiger partial charge in [0.05, 0.1) is 36.2 Å². The maximum Gasteiger partial charge on any atom is 0.319 e. The first kappa shape index (κ1) is 28.3. The van der Waals surface area contributed by atoms with Crippen LogP contribution in [0, 0.1) is 5.82 Å². The Morgan fingerprint density at radius 3 is 3.02 bits per heavy atom. The third kappa shape index (κ3) is 4.32. The molecule has 1 aliphatic carbocycles. The molecule has 0 spiro atoms. The van der Waals surface area contributed by atoms with Gasteiger partial charge in [0.25, 0.3) is 0 Å². The van der Waals surface area contributed by atoms with E-state index in [1.54, 1.807) is 6.20 Å². The highest BCUT2D eigenvalue weighted by Crippen LogP contribution is 2.47. The summed E-state index contributed by atoms with van der Waals surface area (Å²) in [5.74, 6) is 0.563. The minimum absolute atomic E-state index is 0.103. The predicted molar refractivity (Wildman–Crippen MR) is 169 cm³/mol. The molecule has 0 bridgehead atoms. The Balaban J connectivity index is 1.24. The first-order chi connectivity index (χ1) is 22.5. The molecule has 2 unspecified atom stereocenters. The van der Waals surface area contributed by atoms with E-state index in [0.29, 0.717) is 63.0 Å². The van der Waals surface area contributed by atoms with Crippen molar-refractivity contribution in [3.63, 3.8) is 0 Å². The van der Waals surface area contributed by atoms with Gasteiger partial charge in [0, 0.05) is 30.6 Å². The maximum atomic E-state index is 17.3. The van der Waals surface area contributed by atoms with E-state index in [2.05, 4.69) is 33.0 Å². The fraction of sp³-hybridized carbons (Fsp3) is 0.529. The molecule has 0 radical (unpaired) electrons. The van der Waals surface area contributed by atoms with Crippen molar-refractivity contribution in [3.05, 3.63) is 41.1 Å². The van der Waals surface area contributed by atoms with Gasteiger partial charge in [-0.05, 0) is 80.2 Å². The van der Waals surface area contributed by atoms with E-state index in [4.69, 9.17) is 29.2 Å². The van der Waals surface area contributed by atoms with Crippen LogP contribution in [0.15, 0.2) is 24.2 Å². The van der Waals surface area contributed by atoms with Gasteiger partial charge < -0.3 is 19.1 Å². The molecule has 3 aromatic heterocycles. The molecule has 4 aliphatic heterocycles. The van der Waals surface area contributed by atoms with E-state index >= 15 is 4.39 Å². The highest BCUT2D eigenvalue weighted by molar-refractivity contribution is 6.02. The van der Waals surface area contributed by atoms with Gasteiger partial charge in [-0.2, -0.15) is 15.1 Å². The zero-order valence-electron chi connectivity index (χ0n) is 26.0. The van der Waals surface area contributed by atoms with Crippen LogP contribution in [-0.2, 0) is 11.2 Å². The average Bonchev–Trinajstić information content (AvgIpc) is 3.69. The van der Waals surface area contributed by atoms with Crippen LogP contribution in [0.2, 0.25) is 0 Å². The molecule has 9 rings (SSSR count). The molecular formula is C34H37F2N7O3. The van der Waals surface area contributed by atoms with Gasteiger partial charge in [0.15, 0.2) is 5.82 Å². The Labute approximate surface area is 265 Å². The van der Waals surface area contributed by atoms with Gasteiger partial charge in [-0.3, -0.25) is 10.00 Å². The molecule has 10 nitrogen and oxygen atoms in total. The molecule has 12 heteroatoms. The molecule has 4 aromatic rings. The number of hydrogen-bond donors (Lipinski definition) is 1. The molecule has 240 valence electrons. The number of benzene rings is 1. The molecule has 3 atom stereocenters. The number of aromatic nitrogens is 5. The predicted octanol–water partition coefficient (Wildman–Crippen LogP) is 5.61. The first-order valence-corrected chi connectivity index (χ1v) is 16.6. The summed E-state index contributed by atoms with van der Waals surface area (Å²) in [6.45, 7) is 6.07. The van der Waals surface area contributed by atoms with Crippen molar-refractivity contribution >= 4 is 27.6 Å². The lowest BCUT2D eigenvalue weighted by Crippen LogP contribution is -2.43. The molecule has 7 heterocycles. The summed E-state index contributed by atoms with van der Waals surface area (Å²) in [5.41, 5.74) is 4.69. The molecule has 3 fully saturated rings. The SMILES string of the molecule is CC1CCCc2cc3[nH]ncc3c(-c3nc4c5c(nc(OCC67CCCN6C/C(=C\F)C7)nc5c3F)N3CCCOC[C@H]3CO4)c21. The van der Waals surface area contributed by atoms with Crippen LogP contribution in [0.25, 0.3) is 33.1 Å². The largest absolute Gasteiger partial charge is 0.475 e. The summed E-state index contributed by atoms with van der Waals surface area (Å²) in [4.78, 5) is 19.1. The molecule has 46 heavy (non-hydrogen) atoms. The summed E-state index contributed by atoms with van der Waals surface area (Å²) < 4.78 is 49.6. The van der Waals surface area contributed by atoms with Crippen LogP contribution in [0.4, 0.5) is 14.6 Å². The Hall–Kier alpha value is -3.90. The molecule has 1 aromatic carbocycles. The van der Waals surface area contributed by atoms with E-state index in [1.165, 1.54) is 5.56 Å². The summed E-state index contributed by atoms with van der Waals surface area (Å²) >= 11 is 0. The van der Waals surface area contributed by atoms with Crippen molar-refractivity contribution in [2.45, 2.75) is 69.4 Å². The van der Waals surface area contributed by atoms with Gasteiger partial charge in [-0.1, -0.05) is 6.92 Å². The molecule has 0 amide bonds. The summed E-state index contributed by atoms with van der Waals surface area (Å²) in [6, 6.07) is 2.12. The van der Waals surface area contributed by atoms with Gasteiger partial charge in [0.1, 0.15) is 35.6 Å². The van der Waals surface area contributed by atoms with Gasteiger partial charge >= 0.3 is 6.01 Å². The van der Waals surface area contributed by atoms with Crippen LogP contribution in [-0.4, -0.2) is 87.7 Å². The lowest BCUT2D eigenvalue weighted by atomic mass is 9.79. The van der Waals surface area contributed by atoms with Crippen LogP contribution in [0.5, 0.6) is 11.9 Å². The number of nitrogens with one attached hydrogen (secondary N) is 1. The van der Waals surface area contributed by atoms with Gasteiger partial charge in [-0.15, -0.1) is 0 Å². The minimum Gasteiger partial charge on any atom is -0.475 e. The van der Waals surface area contributed by atoms with Crippen molar-refractivity contribution in [1.29, 1.82) is 0 Å². The molecular weight excluding hydrogens is 592 g/mol. The zero-order chi connectivity index (χ0) is 31.0. The lowest BCUT2D eigenvalue weighted by molar-refractivity contribution is 0.108. The van der Waals surface area contributed by atoms with Crippen molar-refractivity contribution in [3.8, 4) is 23.1 Å². The number of pyridine rings is 1. The second kappa shape index (κ2) is 10.8. The molecule has 1 N–H and O–H groups in total. The lowest BCUT2D eigenvalue weighted by Gasteiger charge is -2.31. The Morgan fingerprint density at radius 1 is 1.17 bits per heavy atom. The quantitative estimate of drug-likeness (QED) is 0.309. The fourth-order valence-corrected chi connectivity index (χ4v) is 8.65. The number of anilines is 1. The number of H-pyrrole nitrogens is 1. The first-order valence-electron chi connectivity index (χ1n) is 16.6. The number of nitrogens with zero attached hydrogens (tertiary/aromatic N) is 6. The number of rotatable bonds is 4. The van der Waals surface area contributed by atoms with Crippen molar-refractivity contribution in [1.82, 2.24) is 30.0 Å². The Bertz CT molecular complexity index is 1900. The van der Waals surface area contributed by atoms with E-state index in [-0.39, 0.29) is 34.7 Å². The Kier molecular flexibility index (Phi) is 6.67.